The lowest BCUT2D eigenvalue weighted by atomic mass is 10.3. The van der Waals surface area contributed by atoms with E-state index in [9.17, 15) is 4.79 Å². The number of nitrogens with zero attached hydrogens (tertiary/aromatic N) is 2. The average Bonchev–Trinajstić information content (AvgIpc) is 2.80. The molecule has 0 aliphatic rings. The molecule has 0 aliphatic carbocycles. The maximum absolute atomic E-state index is 11.8. The number of carbonyl (C=O) groups excluding carboxylic acids is 1. The van der Waals surface area contributed by atoms with Crippen LogP contribution in [0.5, 0.6) is 0 Å². The molecule has 1 aromatic carbocycles. The first-order chi connectivity index (χ1) is 8.61. The molecule has 1 amide bonds. The molecule has 94 valence electrons. The zero-order valence-corrected chi connectivity index (χ0v) is 11.9. The Kier molecular flexibility index (Phi) is 4.22. The second kappa shape index (κ2) is 5.69. The van der Waals surface area contributed by atoms with Crippen molar-refractivity contribution in [2.75, 3.05) is 4.90 Å². The summed E-state index contributed by atoms with van der Waals surface area (Å²) < 4.78 is 0. The Morgan fingerprint density at radius 3 is 2.56 bits per heavy atom. The molecule has 0 spiro atoms. The molecule has 0 radical (unpaired) electrons. The van der Waals surface area contributed by atoms with Gasteiger partial charge in [0.15, 0.2) is 5.13 Å². The Hall–Kier alpha value is -1.10. The number of anilines is 2. The van der Waals surface area contributed by atoms with E-state index in [0.29, 0.717) is 16.0 Å². The number of alkyl halides is 1. The van der Waals surface area contributed by atoms with Gasteiger partial charge in [-0.25, -0.2) is 4.98 Å². The first-order valence-corrected chi connectivity index (χ1v) is 6.97. The molecule has 0 saturated heterocycles. The van der Waals surface area contributed by atoms with Crippen LogP contribution in [0.15, 0.2) is 29.6 Å². The highest BCUT2D eigenvalue weighted by atomic mass is 35.5. The van der Waals surface area contributed by atoms with E-state index in [1.165, 1.54) is 23.2 Å². The number of hydrogen-bond donors (Lipinski definition) is 0. The Morgan fingerprint density at radius 1 is 1.39 bits per heavy atom. The molecule has 0 bridgehead atoms. The minimum atomic E-state index is -0.104. The fourth-order valence-electron chi connectivity index (χ4n) is 1.48. The summed E-state index contributed by atoms with van der Waals surface area (Å²) >= 11 is 12.9. The molecule has 0 aliphatic heterocycles. The summed E-state index contributed by atoms with van der Waals surface area (Å²) in [7, 11) is 0. The van der Waals surface area contributed by atoms with E-state index in [2.05, 4.69) is 4.98 Å². The van der Waals surface area contributed by atoms with Crippen LogP contribution < -0.4 is 4.90 Å². The van der Waals surface area contributed by atoms with Crippen LogP contribution in [0.3, 0.4) is 0 Å². The summed E-state index contributed by atoms with van der Waals surface area (Å²) in [5, 5.41) is 3.08. The normalized spacial score (nSPS) is 10.4. The van der Waals surface area contributed by atoms with E-state index in [4.69, 9.17) is 23.2 Å². The highest BCUT2D eigenvalue weighted by molar-refractivity contribution is 7.14. The van der Waals surface area contributed by atoms with Crippen molar-refractivity contribution in [3.63, 3.8) is 0 Å². The predicted octanol–water partition coefficient (Wildman–Crippen LogP) is 4.22. The molecule has 0 saturated carbocycles. The van der Waals surface area contributed by atoms with E-state index in [1.807, 2.05) is 5.38 Å². The lowest BCUT2D eigenvalue weighted by Gasteiger charge is -2.17. The molecule has 0 atom stereocenters. The number of hydrogen-bond acceptors (Lipinski definition) is 3. The molecule has 3 nitrogen and oxygen atoms in total. The van der Waals surface area contributed by atoms with Crippen molar-refractivity contribution in [2.45, 2.75) is 12.8 Å². The summed E-state index contributed by atoms with van der Waals surface area (Å²) in [5.41, 5.74) is 1.50. The van der Waals surface area contributed by atoms with Crippen LogP contribution >= 0.6 is 34.5 Å². The Labute approximate surface area is 119 Å². The molecule has 0 fully saturated rings. The summed E-state index contributed by atoms with van der Waals surface area (Å²) in [5.74, 6) is 0.232. The van der Waals surface area contributed by atoms with E-state index >= 15 is 0 Å². The number of aromatic nitrogens is 1. The van der Waals surface area contributed by atoms with Crippen LogP contribution in [0.4, 0.5) is 10.8 Å². The third-order valence-corrected chi connectivity index (χ3v) is 3.67. The van der Waals surface area contributed by atoms with Crippen molar-refractivity contribution < 1.29 is 4.79 Å². The van der Waals surface area contributed by atoms with Crippen LogP contribution in [-0.2, 0) is 10.7 Å². The lowest BCUT2D eigenvalue weighted by Crippen LogP contribution is -2.22. The maximum Gasteiger partial charge on any atom is 0.230 e. The zero-order valence-electron chi connectivity index (χ0n) is 9.56. The predicted molar refractivity (Wildman–Crippen MR) is 75.9 cm³/mol. The summed E-state index contributed by atoms with van der Waals surface area (Å²) in [4.78, 5) is 17.6. The van der Waals surface area contributed by atoms with Crippen molar-refractivity contribution in [1.82, 2.24) is 4.98 Å². The standard InChI is InChI=1S/C12H10Cl2N2OS/c1-8(17)16(11-4-2-9(14)3-5-11)12-15-10(6-13)7-18-12/h2-5,7H,6H2,1H3. The van der Waals surface area contributed by atoms with Gasteiger partial charge in [0.25, 0.3) is 0 Å². The number of carbonyl (C=O) groups is 1. The zero-order chi connectivity index (χ0) is 13.1. The number of thiazole rings is 1. The van der Waals surface area contributed by atoms with Gasteiger partial charge in [0.1, 0.15) is 0 Å². The van der Waals surface area contributed by atoms with E-state index in [0.717, 1.165) is 11.4 Å². The minimum absolute atomic E-state index is 0.104. The van der Waals surface area contributed by atoms with Crippen LogP contribution in [0.2, 0.25) is 5.02 Å². The molecule has 1 heterocycles. The second-order valence-electron chi connectivity index (χ2n) is 3.59. The number of benzene rings is 1. The maximum atomic E-state index is 11.8. The summed E-state index contributed by atoms with van der Waals surface area (Å²) in [6.45, 7) is 1.50. The van der Waals surface area contributed by atoms with Crippen LogP contribution in [0.1, 0.15) is 12.6 Å². The first-order valence-electron chi connectivity index (χ1n) is 5.18. The highest BCUT2D eigenvalue weighted by Crippen LogP contribution is 2.29. The number of halogens is 2. The van der Waals surface area contributed by atoms with Crippen molar-refractivity contribution in [3.05, 3.63) is 40.4 Å². The Morgan fingerprint density at radius 2 is 2.06 bits per heavy atom. The fourth-order valence-corrected chi connectivity index (χ4v) is 2.72. The molecular weight excluding hydrogens is 291 g/mol. The number of rotatable bonds is 3. The van der Waals surface area contributed by atoms with Crippen molar-refractivity contribution in [2.24, 2.45) is 0 Å². The van der Waals surface area contributed by atoms with Gasteiger partial charge < -0.3 is 0 Å². The van der Waals surface area contributed by atoms with Gasteiger partial charge in [0, 0.05) is 17.3 Å². The van der Waals surface area contributed by atoms with Crippen LogP contribution in [0.25, 0.3) is 0 Å². The quantitative estimate of drug-likeness (QED) is 0.795. The topological polar surface area (TPSA) is 33.2 Å². The van der Waals surface area contributed by atoms with Gasteiger partial charge in [-0.1, -0.05) is 11.6 Å². The largest absolute Gasteiger partial charge is 0.274 e. The van der Waals surface area contributed by atoms with Gasteiger partial charge in [0.2, 0.25) is 5.91 Å². The smallest absolute Gasteiger partial charge is 0.230 e. The lowest BCUT2D eigenvalue weighted by molar-refractivity contribution is -0.115. The van der Waals surface area contributed by atoms with Gasteiger partial charge in [-0.2, -0.15) is 0 Å². The molecule has 6 heteroatoms. The van der Waals surface area contributed by atoms with Crippen LogP contribution in [-0.4, -0.2) is 10.9 Å². The van der Waals surface area contributed by atoms with Gasteiger partial charge in [0.05, 0.1) is 17.3 Å². The Bertz CT molecular complexity index is 553. The van der Waals surface area contributed by atoms with Crippen molar-refractivity contribution in [1.29, 1.82) is 0 Å². The minimum Gasteiger partial charge on any atom is -0.274 e. The SMILES string of the molecule is CC(=O)N(c1ccc(Cl)cc1)c1nc(CCl)cs1. The van der Waals surface area contributed by atoms with E-state index in [1.54, 1.807) is 24.3 Å². The molecule has 2 aromatic rings. The molecule has 0 N–H and O–H groups in total. The molecule has 2 rings (SSSR count). The molecule has 1 aromatic heterocycles. The summed E-state index contributed by atoms with van der Waals surface area (Å²) in [6, 6.07) is 7.04. The highest BCUT2D eigenvalue weighted by Gasteiger charge is 2.17. The van der Waals surface area contributed by atoms with E-state index < -0.39 is 0 Å². The average molecular weight is 301 g/mol. The number of amides is 1. The van der Waals surface area contributed by atoms with Gasteiger partial charge in [-0.05, 0) is 24.3 Å². The Balaban J connectivity index is 2.39. The first kappa shape index (κ1) is 13.3. The third-order valence-electron chi connectivity index (χ3n) is 2.27. The fraction of sp³-hybridized carbons (Fsp3) is 0.167. The van der Waals surface area contributed by atoms with E-state index in [-0.39, 0.29) is 5.91 Å². The van der Waals surface area contributed by atoms with Crippen molar-refractivity contribution in [3.8, 4) is 0 Å². The third kappa shape index (κ3) is 2.83. The van der Waals surface area contributed by atoms with Crippen molar-refractivity contribution >= 4 is 51.3 Å². The molecule has 18 heavy (non-hydrogen) atoms. The monoisotopic (exact) mass is 300 g/mol. The second-order valence-corrected chi connectivity index (χ2v) is 5.13. The molecule has 0 unspecified atom stereocenters. The summed E-state index contributed by atoms with van der Waals surface area (Å²) in [6.07, 6.45) is 0. The molecular formula is C12H10Cl2N2OS. The van der Waals surface area contributed by atoms with Crippen LogP contribution in [0, 0.1) is 0 Å². The van der Waals surface area contributed by atoms with Gasteiger partial charge >= 0.3 is 0 Å². The van der Waals surface area contributed by atoms with Gasteiger partial charge in [-0.3, -0.25) is 9.69 Å². The van der Waals surface area contributed by atoms with Gasteiger partial charge in [-0.15, -0.1) is 22.9 Å².